The number of nitrogens with one attached hydrogen (secondary N) is 2. The van der Waals surface area contributed by atoms with Gasteiger partial charge >= 0.3 is 0 Å². The van der Waals surface area contributed by atoms with Crippen molar-refractivity contribution in [3.63, 3.8) is 0 Å². The van der Waals surface area contributed by atoms with E-state index in [4.69, 9.17) is 4.52 Å². The zero-order chi connectivity index (χ0) is 16.5. The molecule has 7 heteroatoms. The first kappa shape index (κ1) is 18.1. The van der Waals surface area contributed by atoms with Gasteiger partial charge in [0.1, 0.15) is 0 Å². The molecule has 1 aliphatic heterocycles. The predicted octanol–water partition coefficient (Wildman–Crippen LogP) is 2.58. The molecule has 1 fully saturated rings. The molecule has 2 heterocycles. The summed E-state index contributed by atoms with van der Waals surface area (Å²) < 4.78 is 5.26. The second-order valence-electron chi connectivity index (χ2n) is 6.09. The van der Waals surface area contributed by atoms with Gasteiger partial charge in [-0.1, -0.05) is 19.0 Å². The molecule has 0 spiro atoms. The average Bonchev–Trinajstić information content (AvgIpc) is 3.20. The quantitative estimate of drug-likeness (QED) is 0.431. The molecule has 2 rings (SSSR count). The molecule has 1 saturated heterocycles. The lowest BCUT2D eigenvalue weighted by molar-refractivity contribution is 0.368. The van der Waals surface area contributed by atoms with Gasteiger partial charge in [0.25, 0.3) is 0 Å². The van der Waals surface area contributed by atoms with Gasteiger partial charge in [0.15, 0.2) is 11.8 Å². The van der Waals surface area contributed by atoms with Crippen molar-refractivity contribution in [3.8, 4) is 0 Å². The van der Waals surface area contributed by atoms with Crippen LogP contribution in [0.1, 0.15) is 57.7 Å². The number of thioether (sulfide) groups is 1. The Hall–Kier alpha value is -1.24. The molecule has 1 atom stereocenters. The molecule has 0 radical (unpaired) electrons. The summed E-state index contributed by atoms with van der Waals surface area (Å²) >= 11 is 2.04. The minimum absolute atomic E-state index is 0.312. The van der Waals surface area contributed by atoms with E-state index in [-0.39, 0.29) is 0 Å². The van der Waals surface area contributed by atoms with Gasteiger partial charge in [0.05, 0.1) is 6.54 Å². The lowest BCUT2D eigenvalue weighted by atomic mass is 10.2. The van der Waals surface area contributed by atoms with Crippen LogP contribution in [0.25, 0.3) is 0 Å². The minimum atomic E-state index is 0.312. The summed E-state index contributed by atoms with van der Waals surface area (Å²) in [6.45, 7) is 8.86. The number of aromatic nitrogens is 2. The third kappa shape index (κ3) is 6.41. The van der Waals surface area contributed by atoms with Gasteiger partial charge in [-0.15, -0.1) is 0 Å². The summed E-state index contributed by atoms with van der Waals surface area (Å²) in [6, 6.07) is 0. The van der Waals surface area contributed by atoms with Crippen LogP contribution >= 0.6 is 11.8 Å². The van der Waals surface area contributed by atoms with E-state index < -0.39 is 0 Å². The van der Waals surface area contributed by atoms with Crippen LogP contribution in [0.15, 0.2) is 9.52 Å². The molecule has 0 aromatic carbocycles. The predicted molar refractivity (Wildman–Crippen MR) is 96.2 cm³/mol. The molecule has 0 saturated carbocycles. The number of hydrogen-bond acceptors (Lipinski definition) is 5. The number of rotatable bonds is 8. The highest BCUT2D eigenvalue weighted by Gasteiger charge is 2.15. The second-order valence-corrected chi connectivity index (χ2v) is 7.49. The van der Waals surface area contributed by atoms with Crippen LogP contribution in [0.2, 0.25) is 0 Å². The Morgan fingerprint density at radius 2 is 2.30 bits per heavy atom. The molecule has 1 aromatic heterocycles. The van der Waals surface area contributed by atoms with Crippen molar-refractivity contribution in [2.24, 2.45) is 4.99 Å². The normalized spacial score (nSPS) is 18.6. The van der Waals surface area contributed by atoms with Crippen molar-refractivity contribution >= 4 is 17.7 Å². The van der Waals surface area contributed by atoms with Gasteiger partial charge < -0.3 is 15.2 Å². The van der Waals surface area contributed by atoms with Crippen LogP contribution in [-0.2, 0) is 6.42 Å². The third-order valence-electron chi connectivity index (χ3n) is 3.68. The van der Waals surface area contributed by atoms with Crippen LogP contribution < -0.4 is 10.6 Å². The van der Waals surface area contributed by atoms with Crippen LogP contribution in [0.4, 0.5) is 0 Å². The summed E-state index contributed by atoms with van der Waals surface area (Å²) in [6.07, 6.45) is 4.37. The standard InChI is InChI=1S/C16H29N5OS/c1-4-17-16(19-11-13-7-6-10-23-13)18-9-5-8-14-20-15(12(2)3)21-22-14/h12-13H,4-11H2,1-3H3,(H2,17,18,19). The monoisotopic (exact) mass is 339 g/mol. The maximum absolute atomic E-state index is 5.26. The van der Waals surface area contributed by atoms with Crippen molar-refractivity contribution in [1.82, 2.24) is 20.8 Å². The van der Waals surface area contributed by atoms with E-state index in [1.165, 1.54) is 18.6 Å². The molecule has 6 nitrogen and oxygen atoms in total. The summed E-state index contributed by atoms with van der Waals surface area (Å²) in [5, 5.41) is 11.4. The highest BCUT2D eigenvalue weighted by atomic mass is 32.2. The SMILES string of the molecule is CCNC(=NCC1CCCS1)NCCCc1nc(C(C)C)no1. The summed E-state index contributed by atoms with van der Waals surface area (Å²) in [5.74, 6) is 4.02. The summed E-state index contributed by atoms with van der Waals surface area (Å²) in [7, 11) is 0. The molecular formula is C16H29N5OS. The van der Waals surface area contributed by atoms with Gasteiger partial charge in [-0.3, -0.25) is 4.99 Å². The molecule has 130 valence electrons. The van der Waals surface area contributed by atoms with E-state index in [0.29, 0.717) is 11.2 Å². The maximum atomic E-state index is 5.26. The smallest absolute Gasteiger partial charge is 0.226 e. The highest BCUT2D eigenvalue weighted by molar-refractivity contribution is 8.00. The maximum Gasteiger partial charge on any atom is 0.226 e. The molecular weight excluding hydrogens is 310 g/mol. The molecule has 1 aromatic rings. The van der Waals surface area contributed by atoms with Gasteiger partial charge in [0, 0.05) is 30.7 Å². The topological polar surface area (TPSA) is 75.3 Å². The molecule has 0 amide bonds. The molecule has 0 aliphatic carbocycles. The number of hydrogen-bond donors (Lipinski definition) is 2. The lowest BCUT2D eigenvalue weighted by Gasteiger charge is -2.12. The van der Waals surface area contributed by atoms with Crippen LogP contribution in [0.3, 0.4) is 0 Å². The van der Waals surface area contributed by atoms with Gasteiger partial charge in [-0.05, 0) is 31.9 Å². The first-order valence-electron chi connectivity index (χ1n) is 8.65. The molecule has 2 N–H and O–H groups in total. The van der Waals surface area contributed by atoms with Crippen molar-refractivity contribution in [3.05, 3.63) is 11.7 Å². The summed E-state index contributed by atoms with van der Waals surface area (Å²) in [4.78, 5) is 9.09. The number of aryl methyl sites for hydroxylation is 1. The van der Waals surface area contributed by atoms with E-state index in [9.17, 15) is 0 Å². The van der Waals surface area contributed by atoms with E-state index in [1.54, 1.807) is 0 Å². The van der Waals surface area contributed by atoms with Crippen molar-refractivity contribution in [2.45, 2.75) is 57.6 Å². The lowest BCUT2D eigenvalue weighted by Crippen LogP contribution is -2.38. The average molecular weight is 340 g/mol. The van der Waals surface area contributed by atoms with Gasteiger partial charge in [0.2, 0.25) is 5.89 Å². The fraction of sp³-hybridized carbons (Fsp3) is 0.812. The van der Waals surface area contributed by atoms with E-state index >= 15 is 0 Å². The largest absolute Gasteiger partial charge is 0.357 e. The number of nitrogens with zero attached hydrogens (tertiary/aromatic N) is 3. The number of aliphatic imine (C=N–C) groups is 1. The van der Waals surface area contributed by atoms with E-state index in [2.05, 4.69) is 46.5 Å². The fourth-order valence-corrected chi connectivity index (χ4v) is 3.55. The van der Waals surface area contributed by atoms with Crippen molar-refractivity contribution < 1.29 is 4.52 Å². The Morgan fingerprint density at radius 1 is 1.43 bits per heavy atom. The van der Waals surface area contributed by atoms with Crippen molar-refractivity contribution in [1.29, 1.82) is 0 Å². The Kier molecular flexibility index (Phi) is 7.71. The Morgan fingerprint density at radius 3 is 2.96 bits per heavy atom. The Bertz CT molecular complexity index is 483. The molecule has 23 heavy (non-hydrogen) atoms. The Labute approximate surface area is 143 Å². The van der Waals surface area contributed by atoms with E-state index in [1.807, 2.05) is 11.8 Å². The zero-order valence-electron chi connectivity index (χ0n) is 14.5. The van der Waals surface area contributed by atoms with Crippen LogP contribution in [-0.4, -0.2) is 46.7 Å². The fourth-order valence-electron chi connectivity index (χ4n) is 2.37. The molecule has 1 aliphatic rings. The van der Waals surface area contributed by atoms with Gasteiger partial charge in [-0.2, -0.15) is 16.7 Å². The minimum Gasteiger partial charge on any atom is -0.357 e. The second kappa shape index (κ2) is 9.80. The first-order valence-corrected chi connectivity index (χ1v) is 9.70. The molecule has 1 unspecified atom stereocenters. The van der Waals surface area contributed by atoms with Gasteiger partial charge in [-0.25, -0.2) is 0 Å². The Balaban J connectivity index is 1.69. The third-order valence-corrected chi connectivity index (χ3v) is 5.06. The van der Waals surface area contributed by atoms with Crippen LogP contribution in [0.5, 0.6) is 0 Å². The van der Waals surface area contributed by atoms with Crippen molar-refractivity contribution in [2.75, 3.05) is 25.4 Å². The molecule has 0 bridgehead atoms. The zero-order valence-corrected chi connectivity index (χ0v) is 15.3. The van der Waals surface area contributed by atoms with Crippen LogP contribution in [0, 0.1) is 0 Å². The highest BCUT2D eigenvalue weighted by Crippen LogP contribution is 2.25. The summed E-state index contributed by atoms with van der Waals surface area (Å²) in [5.41, 5.74) is 0. The van der Waals surface area contributed by atoms with E-state index in [0.717, 1.165) is 50.2 Å². The number of guanidine groups is 1. The first-order chi connectivity index (χ1) is 11.2.